The normalized spacial score (nSPS) is 10.0. The fourth-order valence-electron chi connectivity index (χ4n) is 2.08. The van der Waals surface area contributed by atoms with Crippen molar-refractivity contribution in [2.75, 3.05) is 38.4 Å². The number of amides is 1. The van der Waals surface area contributed by atoms with Gasteiger partial charge in [0.2, 0.25) is 0 Å². The van der Waals surface area contributed by atoms with Crippen LogP contribution >= 0.6 is 0 Å². The summed E-state index contributed by atoms with van der Waals surface area (Å²) in [7, 11) is 3.35. The fourth-order valence-corrected chi connectivity index (χ4v) is 2.08. The quantitative estimate of drug-likeness (QED) is 0.538. The number of methoxy groups -OCH3 is 1. The van der Waals surface area contributed by atoms with Crippen molar-refractivity contribution in [3.63, 3.8) is 0 Å². The van der Waals surface area contributed by atoms with Gasteiger partial charge in [-0.25, -0.2) is 0 Å². The Balaban J connectivity index is 1.85. The molecule has 23 heavy (non-hydrogen) atoms. The summed E-state index contributed by atoms with van der Waals surface area (Å²) in [6.45, 7) is 0.732. The van der Waals surface area contributed by atoms with Crippen LogP contribution < -0.4 is 25.8 Å². The molecule has 0 unspecified atom stereocenters. The number of nitrogen functional groups attached to an aromatic ring is 1. The first-order chi connectivity index (χ1) is 11.2. The molecule has 6 nitrogen and oxygen atoms in total. The lowest BCUT2D eigenvalue weighted by molar-refractivity contribution is 0.0947. The van der Waals surface area contributed by atoms with E-state index in [4.69, 9.17) is 15.2 Å². The molecule has 0 spiro atoms. The van der Waals surface area contributed by atoms with E-state index in [0.29, 0.717) is 35.9 Å². The fraction of sp³-hybridized carbons (Fsp3) is 0.235. The molecule has 1 amide bonds. The Hall–Kier alpha value is -2.89. The van der Waals surface area contributed by atoms with Gasteiger partial charge in [0.25, 0.3) is 5.91 Å². The highest BCUT2D eigenvalue weighted by atomic mass is 16.5. The van der Waals surface area contributed by atoms with Crippen LogP contribution in [0.15, 0.2) is 42.5 Å². The molecule has 4 N–H and O–H groups in total. The van der Waals surface area contributed by atoms with E-state index >= 15 is 0 Å². The summed E-state index contributed by atoms with van der Waals surface area (Å²) in [5.74, 6) is 1.13. The number of carbonyl (C=O) groups is 1. The minimum Gasteiger partial charge on any atom is -0.493 e. The summed E-state index contributed by atoms with van der Waals surface area (Å²) < 4.78 is 10.8. The second kappa shape index (κ2) is 7.93. The molecule has 2 aromatic carbocycles. The largest absolute Gasteiger partial charge is 0.493 e. The summed E-state index contributed by atoms with van der Waals surface area (Å²) in [6, 6.07) is 12.5. The monoisotopic (exact) mass is 315 g/mol. The van der Waals surface area contributed by atoms with Crippen LogP contribution in [0.2, 0.25) is 0 Å². The van der Waals surface area contributed by atoms with Gasteiger partial charge in [0.1, 0.15) is 6.61 Å². The highest BCUT2D eigenvalue weighted by Crippen LogP contribution is 2.25. The molecule has 122 valence electrons. The molecule has 0 radical (unpaired) electrons. The van der Waals surface area contributed by atoms with Crippen LogP contribution in [0.1, 0.15) is 10.4 Å². The first-order valence-electron chi connectivity index (χ1n) is 7.27. The van der Waals surface area contributed by atoms with Gasteiger partial charge in [-0.05, 0) is 30.3 Å². The minimum absolute atomic E-state index is 0.176. The SMILES string of the molecule is CNc1cc(C(=O)NCCOc2ccccc2OC)ccc1N. The average Bonchev–Trinajstić information content (AvgIpc) is 2.59. The van der Waals surface area contributed by atoms with E-state index in [9.17, 15) is 4.79 Å². The molecular weight excluding hydrogens is 294 g/mol. The first-order valence-corrected chi connectivity index (χ1v) is 7.27. The van der Waals surface area contributed by atoms with Gasteiger partial charge in [0, 0.05) is 12.6 Å². The van der Waals surface area contributed by atoms with Gasteiger partial charge in [0.05, 0.1) is 25.0 Å². The third kappa shape index (κ3) is 4.29. The minimum atomic E-state index is -0.176. The molecular formula is C17H21N3O3. The van der Waals surface area contributed by atoms with Crippen LogP contribution in [0.3, 0.4) is 0 Å². The zero-order valence-corrected chi connectivity index (χ0v) is 13.3. The van der Waals surface area contributed by atoms with Crippen LogP contribution in [-0.2, 0) is 0 Å². The average molecular weight is 315 g/mol. The second-order valence-corrected chi connectivity index (χ2v) is 4.81. The Kier molecular flexibility index (Phi) is 5.68. The summed E-state index contributed by atoms with van der Waals surface area (Å²) in [5.41, 5.74) is 7.66. The smallest absolute Gasteiger partial charge is 0.251 e. The Morgan fingerprint density at radius 3 is 2.61 bits per heavy atom. The van der Waals surface area contributed by atoms with E-state index in [1.807, 2.05) is 24.3 Å². The van der Waals surface area contributed by atoms with Crippen LogP contribution in [0, 0.1) is 0 Å². The van der Waals surface area contributed by atoms with Crippen molar-refractivity contribution in [1.82, 2.24) is 5.32 Å². The summed E-state index contributed by atoms with van der Waals surface area (Å²) in [6.07, 6.45) is 0. The Morgan fingerprint density at radius 1 is 1.17 bits per heavy atom. The Labute approximate surface area is 135 Å². The van der Waals surface area contributed by atoms with Gasteiger partial charge in [-0.2, -0.15) is 0 Å². The molecule has 0 bridgehead atoms. The standard InChI is InChI=1S/C17H21N3O3/c1-19-14-11-12(7-8-13(14)18)17(21)20-9-10-23-16-6-4-3-5-15(16)22-2/h3-8,11,19H,9-10,18H2,1-2H3,(H,20,21). The molecule has 0 fully saturated rings. The molecule has 2 rings (SSSR count). The van der Waals surface area contributed by atoms with Crippen LogP contribution in [-0.4, -0.2) is 33.2 Å². The molecule has 0 heterocycles. The molecule has 0 atom stereocenters. The van der Waals surface area contributed by atoms with Gasteiger partial charge in [-0.15, -0.1) is 0 Å². The van der Waals surface area contributed by atoms with Crippen molar-refractivity contribution >= 4 is 17.3 Å². The highest BCUT2D eigenvalue weighted by molar-refractivity contribution is 5.96. The van der Waals surface area contributed by atoms with E-state index in [2.05, 4.69) is 10.6 Å². The molecule has 0 aliphatic rings. The van der Waals surface area contributed by atoms with Crippen molar-refractivity contribution in [2.24, 2.45) is 0 Å². The van der Waals surface area contributed by atoms with Gasteiger partial charge in [-0.3, -0.25) is 4.79 Å². The van der Waals surface area contributed by atoms with Crippen LogP contribution in [0.4, 0.5) is 11.4 Å². The van der Waals surface area contributed by atoms with Crippen molar-refractivity contribution in [1.29, 1.82) is 0 Å². The summed E-state index contributed by atoms with van der Waals surface area (Å²) in [4.78, 5) is 12.1. The first kappa shape index (κ1) is 16.5. The third-order valence-electron chi connectivity index (χ3n) is 3.30. The lowest BCUT2D eigenvalue weighted by Gasteiger charge is -2.11. The number of nitrogens with two attached hydrogens (primary N) is 1. The lowest BCUT2D eigenvalue weighted by atomic mass is 10.1. The maximum Gasteiger partial charge on any atom is 0.251 e. The Morgan fingerprint density at radius 2 is 1.91 bits per heavy atom. The number of benzene rings is 2. The number of nitrogens with one attached hydrogen (secondary N) is 2. The number of para-hydroxylation sites is 2. The number of rotatable bonds is 7. The molecule has 0 saturated heterocycles. The number of hydrogen-bond donors (Lipinski definition) is 3. The maximum atomic E-state index is 12.1. The molecule has 6 heteroatoms. The van der Waals surface area contributed by atoms with Crippen molar-refractivity contribution in [3.05, 3.63) is 48.0 Å². The van der Waals surface area contributed by atoms with E-state index in [1.54, 1.807) is 32.4 Å². The number of anilines is 2. The lowest BCUT2D eigenvalue weighted by Crippen LogP contribution is -2.28. The Bertz CT molecular complexity index is 674. The third-order valence-corrected chi connectivity index (χ3v) is 3.30. The predicted molar refractivity (Wildman–Crippen MR) is 91.2 cm³/mol. The van der Waals surface area contributed by atoms with Crippen molar-refractivity contribution in [2.45, 2.75) is 0 Å². The van der Waals surface area contributed by atoms with Crippen molar-refractivity contribution < 1.29 is 14.3 Å². The van der Waals surface area contributed by atoms with Crippen LogP contribution in [0.25, 0.3) is 0 Å². The molecule has 2 aromatic rings. The van der Waals surface area contributed by atoms with E-state index in [0.717, 1.165) is 5.69 Å². The van der Waals surface area contributed by atoms with Crippen LogP contribution in [0.5, 0.6) is 11.5 Å². The van der Waals surface area contributed by atoms with E-state index in [-0.39, 0.29) is 5.91 Å². The maximum absolute atomic E-state index is 12.1. The number of hydrogen-bond acceptors (Lipinski definition) is 5. The van der Waals surface area contributed by atoms with E-state index in [1.165, 1.54) is 0 Å². The number of ether oxygens (including phenoxy) is 2. The topological polar surface area (TPSA) is 85.6 Å². The van der Waals surface area contributed by atoms with Gasteiger partial charge in [0.15, 0.2) is 11.5 Å². The van der Waals surface area contributed by atoms with Gasteiger partial charge < -0.3 is 25.8 Å². The molecule has 0 aliphatic carbocycles. The summed E-state index contributed by atoms with van der Waals surface area (Å²) in [5, 5.41) is 5.75. The second-order valence-electron chi connectivity index (χ2n) is 4.81. The summed E-state index contributed by atoms with van der Waals surface area (Å²) >= 11 is 0. The van der Waals surface area contributed by atoms with Gasteiger partial charge >= 0.3 is 0 Å². The molecule has 0 saturated carbocycles. The van der Waals surface area contributed by atoms with E-state index < -0.39 is 0 Å². The molecule has 0 aromatic heterocycles. The van der Waals surface area contributed by atoms with Gasteiger partial charge in [-0.1, -0.05) is 12.1 Å². The molecule has 0 aliphatic heterocycles. The van der Waals surface area contributed by atoms with Crippen molar-refractivity contribution in [3.8, 4) is 11.5 Å². The highest BCUT2D eigenvalue weighted by Gasteiger charge is 2.08. The predicted octanol–water partition coefficient (Wildman–Crippen LogP) is 2.13. The zero-order valence-electron chi connectivity index (χ0n) is 13.3. The number of carbonyl (C=O) groups excluding carboxylic acids is 1. The zero-order chi connectivity index (χ0) is 16.7.